The number of rotatable bonds is 34. The molecule has 0 spiro atoms. The second-order valence-corrected chi connectivity index (χ2v) is 13.9. The van der Waals surface area contributed by atoms with Crippen molar-refractivity contribution < 1.29 is 0 Å². The average molecular weight is 589 g/mol. The fraction of sp³-hybridized carbons (Fsp3) is 0.950. The first kappa shape index (κ1) is 39.4. The fourth-order valence-corrected chi connectivity index (χ4v) is 6.96. The van der Waals surface area contributed by atoms with Gasteiger partial charge in [0.1, 0.15) is 6.17 Å². The van der Waals surface area contributed by atoms with Crippen LogP contribution in [0.25, 0.3) is 0 Å². The molecule has 250 valence electrons. The van der Waals surface area contributed by atoms with E-state index < -0.39 is 0 Å². The van der Waals surface area contributed by atoms with Crippen LogP contribution in [0.1, 0.15) is 226 Å². The van der Waals surface area contributed by atoms with Gasteiger partial charge in [-0.3, -0.25) is 0 Å². The Morgan fingerprint density at radius 2 is 0.595 bits per heavy atom. The van der Waals surface area contributed by atoms with E-state index in [1.165, 1.54) is 219 Å². The molecule has 1 atom stereocenters. The summed E-state index contributed by atoms with van der Waals surface area (Å²) >= 11 is 0. The van der Waals surface area contributed by atoms with Crippen molar-refractivity contribution in [2.75, 3.05) is 13.1 Å². The van der Waals surface area contributed by atoms with Crippen LogP contribution < -0.4 is 0 Å². The smallest absolute Gasteiger partial charge is 0.101 e. The van der Waals surface area contributed by atoms with Gasteiger partial charge in [0.2, 0.25) is 0 Å². The van der Waals surface area contributed by atoms with Gasteiger partial charge in [0.25, 0.3) is 0 Å². The zero-order valence-corrected chi connectivity index (χ0v) is 29.7. The topological polar surface area (TPSA) is 6.48 Å². The third-order valence-corrected chi connectivity index (χ3v) is 9.78. The molecular formula is C40H80N2. The molecule has 0 aromatic rings. The Bertz CT molecular complexity index is 544. The van der Waals surface area contributed by atoms with Gasteiger partial charge in [0.15, 0.2) is 0 Å². The minimum atomic E-state index is 0.638. The first-order valence-electron chi connectivity index (χ1n) is 20.0. The summed E-state index contributed by atoms with van der Waals surface area (Å²) in [6.45, 7) is 9.43. The van der Waals surface area contributed by atoms with Crippen molar-refractivity contribution in [1.29, 1.82) is 0 Å². The molecule has 1 aliphatic rings. The van der Waals surface area contributed by atoms with Gasteiger partial charge in [-0.25, -0.2) is 0 Å². The monoisotopic (exact) mass is 589 g/mol. The molecule has 2 heteroatoms. The summed E-state index contributed by atoms with van der Waals surface area (Å²) in [5, 5.41) is 0. The largest absolute Gasteiger partial charge is 0.356 e. The lowest BCUT2D eigenvalue weighted by Gasteiger charge is -2.33. The predicted molar refractivity (Wildman–Crippen MR) is 191 cm³/mol. The Morgan fingerprint density at radius 1 is 0.310 bits per heavy atom. The van der Waals surface area contributed by atoms with Crippen molar-refractivity contribution in [3.8, 4) is 0 Å². The molecule has 0 saturated heterocycles. The predicted octanol–water partition coefficient (Wildman–Crippen LogP) is 13.9. The van der Waals surface area contributed by atoms with Crippen molar-refractivity contribution >= 4 is 0 Å². The fourth-order valence-electron chi connectivity index (χ4n) is 6.96. The van der Waals surface area contributed by atoms with Crippen LogP contribution in [0.4, 0.5) is 0 Å². The van der Waals surface area contributed by atoms with E-state index in [1.807, 2.05) is 0 Å². The van der Waals surface area contributed by atoms with E-state index in [2.05, 4.69) is 43.0 Å². The molecular weight excluding hydrogens is 508 g/mol. The normalized spacial score (nSPS) is 15.0. The maximum atomic E-state index is 2.68. The maximum absolute atomic E-state index is 2.68. The van der Waals surface area contributed by atoms with E-state index in [0.717, 1.165) is 0 Å². The lowest BCUT2D eigenvalue weighted by Crippen LogP contribution is -2.39. The number of hydrogen-bond acceptors (Lipinski definition) is 2. The summed E-state index contributed by atoms with van der Waals surface area (Å²) in [6, 6.07) is 0. The molecule has 0 fully saturated rings. The first-order valence-corrected chi connectivity index (χ1v) is 20.0. The van der Waals surface area contributed by atoms with Crippen LogP contribution in [0, 0.1) is 0 Å². The lowest BCUT2D eigenvalue weighted by molar-refractivity contribution is 0.137. The zero-order valence-electron chi connectivity index (χ0n) is 29.7. The molecule has 0 amide bonds. The Labute approximate surface area is 267 Å². The van der Waals surface area contributed by atoms with Gasteiger partial charge >= 0.3 is 0 Å². The lowest BCUT2D eigenvalue weighted by atomic mass is 10.0. The van der Waals surface area contributed by atoms with Gasteiger partial charge < -0.3 is 9.80 Å². The van der Waals surface area contributed by atoms with E-state index in [1.54, 1.807) is 0 Å². The first-order chi connectivity index (χ1) is 20.8. The molecule has 0 aliphatic carbocycles. The Kier molecular flexibility index (Phi) is 29.8. The minimum absolute atomic E-state index is 0.638. The Hall–Kier alpha value is -0.660. The van der Waals surface area contributed by atoms with Crippen LogP contribution in [-0.2, 0) is 0 Å². The number of unbranched alkanes of at least 4 members (excludes halogenated alkanes) is 28. The summed E-state index contributed by atoms with van der Waals surface area (Å²) in [5.74, 6) is 0. The van der Waals surface area contributed by atoms with E-state index in [4.69, 9.17) is 0 Å². The molecule has 2 nitrogen and oxygen atoms in total. The summed E-state index contributed by atoms with van der Waals surface area (Å²) in [4.78, 5) is 5.32. The molecule has 1 rings (SSSR count). The average Bonchev–Trinajstić information content (AvgIpc) is 3.38. The van der Waals surface area contributed by atoms with Gasteiger partial charge in [-0.1, -0.05) is 201 Å². The number of nitrogens with zero attached hydrogens (tertiary/aromatic N) is 2. The molecule has 1 aliphatic heterocycles. The van der Waals surface area contributed by atoms with Crippen LogP contribution in [-0.4, -0.2) is 29.1 Å². The molecule has 0 aromatic heterocycles. The van der Waals surface area contributed by atoms with Gasteiger partial charge in [0, 0.05) is 25.5 Å². The van der Waals surface area contributed by atoms with Gasteiger partial charge in [-0.2, -0.15) is 0 Å². The second kappa shape index (κ2) is 31.8. The third kappa shape index (κ3) is 23.8. The standard InChI is InChI=1S/C40H80N2/c1-4-7-9-11-13-15-17-19-21-22-23-25-27-29-31-33-35-40-41(36-6-3)38-39-42(40)37-34-32-30-28-26-24-20-18-16-14-12-10-8-5-2/h38-40H,4-37H2,1-3H3. The van der Waals surface area contributed by atoms with Crippen molar-refractivity contribution in [3.63, 3.8) is 0 Å². The van der Waals surface area contributed by atoms with Crippen molar-refractivity contribution in [2.24, 2.45) is 0 Å². The second-order valence-electron chi connectivity index (χ2n) is 13.9. The molecule has 0 aromatic carbocycles. The molecule has 0 saturated carbocycles. The van der Waals surface area contributed by atoms with Gasteiger partial charge in [-0.15, -0.1) is 0 Å². The Balaban J connectivity index is 1.97. The molecule has 0 N–H and O–H groups in total. The van der Waals surface area contributed by atoms with Crippen molar-refractivity contribution in [3.05, 3.63) is 12.4 Å². The third-order valence-electron chi connectivity index (χ3n) is 9.78. The van der Waals surface area contributed by atoms with E-state index in [-0.39, 0.29) is 0 Å². The van der Waals surface area contributed by atoms with Crippen molar-refractivity contribution in [2.45, 2.75) is 232 Å². The molecule has 1 heterocycles. The van der Waals surface area contributed by atoms with E-state index in [0.29, 0.717) is 6.17 Å². The van der Waals surface area contributed by atoms with Crippen LogP contribution in [0.3, 0.4) is 0 Å². The van der Waals surface area contributed by atoms with Crippen molar-refractivity contribution in [1.82, 2.24) is 9.80 Å². The van der Waals surface area contributed by atoms with Crippen LogP contribution in [0.2, 0.25) is 0 Å². The minimum Gasteiger partial charge on any atom is -0.356 e. The highest BCUT2D eigenvalue weighted by molar-refractivity contribution is 4.96. The highest BCUT2D eigenvalue weighted by Gasteiger charge is 2.24. The zero-order chi connectivity index (χ0) is 30.2. The maximum Gasteiger partial charge on any atom is 0.101 e. The highest BCUT2D eigenvalue weighted by Crippen LogP contribution is 2.23. The summed E-state index contributed by atoms with van der Waals surface area (Å²) < 4.78 is 0. The Morgan fingerprint density at radius 3 is 0.929 bits per heavy atom. The SMILES string of the molecule is CCCCCCCCCCCCCCCCCCC1N(CCC)C=CN1CCCCCCCCCCCCCCCC. The summed E-state index contributed by atoms with van der Waals surface area (Å²) in [5.41, 5.74) is 0. The molecule has 1 unspecified atom stereocenters. The molecule has 0 radical (unpaired) electrons. The van der Waals surface area contributed by atoms with E-state index >= 15 is 0 Å². The quantitative estimate of drug-likeness (QED) is 0.0690. The highest BCUT2D eigenvalue weighted by atomic mass is 15.4. The molecule has 0 bridgehead atoms. The van der Waals surface area contributed by atoms with Gasteiger partial charge in [-0.05, 0) is 25.7 Å². The van der Waals surface area contributed by atoms with Crippen LogP contribution in [0.5, 0.6) is 0 Å². The van der Waals surface area contributed by atoms with Crippen LogP contribution >= 0.6 is 0 Å². The molecule has 42 heavy (non-hydrogen) atoms. The number of hydrogen-bond donors (Lipinski definition) is 0. The van der Waals surface area contributed by atoms with Crippen LogP contribution in [0.15, 0.2) is 12.4 Å². The van der Waals surface area contributed by atoms with E-state index in [9.17, 15) is 0 Å². The van der Waals surface area contributed by atoms with Gasteiger partial charge in [0.05, 0.1) is 0 Å². The summed E-state index contributed by atoms with van der Waals surface area (Å²) in [6.07, 6.45) is 51.6. The summed E-state index contributed by atoms with van der Waals surface area (Å²) in [7, 11) is 0.